The Labute approximate surface area is 450 Å². The SMILES string of the molecule is C[Si](C)(C)c1ccc(N(c2ccc3c(c2)C2(c4ccccc4Oc4ccccc42)c2cc(N(c4ccc([Si](C)(C)C)cc4)c4ccccc4-c4ccccc4)c4ccccc4c2-3)c2ccccc2-c2ccccc2)cc1. The maximum absolute atomic E-state index is 7.01. The molecule has 1 heterocycles. The summed E-state index contributed by atoms with van der Waals surface area (Å²) in [5, 5.41) is 5.25. The van der Waals surface area contributed by atoms with Gasteiger partial charge < -0.3 is 14.5 Å². The third-order valence-corrected chi connectivity index (χ3v) is 20.0. The highest BCUT2D eigenvalue weighted by Crippen LogP contribution is 2.65. The summed E-state index contributed by atoms with van der Waals surface area (Å²) >= 11 is 0. The first-order valence-corrected chi connectivity index (χ1v) is 33.7. The molecule has 13 rings (SSSR count). The van der Waals surface area contributed by atoms with Gasteiger partial charge in [0.1, 0.15) is 11.5 Å². The molecule has 11 aromatic rings. The van der Waals surface area contributed by atoms with Gasteiger partial charge in [-0.2, -0.15) is 0 Å². The van der Waals surface area contributed by atoms with E-state index in [1.807, 2.05) is 0 Å². The summed E-state index contributed by atoms with van der Waals surface area (Å²) in [6.45, 7) is 14.5. The molecule has 0 atom stereocenters. The summed E-state index contributed by atoms with van der Waals surface area (Å²) in [7, 11) is -3.22. The van der Waals surface area contributed by atoms with Crippen LogP contribution in [0.1, 0.15) is 22.3 Å². The van der Waals surface area contributed by atoms with Crippen LogP contribution in [0.2, 0.25) is 39.3 Å². The fraction of sp³-hybridized carbons (Fsp3) is 0.0986. The lowest BCUT2D eigenvalue weighted by molar-refractivity contribution is 0.436. The average molecular weight is 1010 g/mol. The van der Waals surface area contributed by atoms with Crippen molar-refractivity contribution in [1.82, 2.24) is 0 Å². The molecule has 0 aromatic heterocycles. The van der Waals surface area contributed by atoms with Crippen molar-refractivity contribution in [3.8, 4) is 44.9 Å². The summed E-state index contributed by atoms with van der Waals surface area (Å²) in [5.74, 6) is 1.73. The molecular weight excluding hydrogens is 953 g/mol. The van der Waals surface area contributed by atoms with Gasteiger partial charge >= 0.3 is 0 Å². The molecule has 3 nitrogen and oxygen atoms in total. The third kappa shape index (κ3) is 7.75. The quantitative estimate of drug-likeness (QED) is 0.127. The average Bonchev–Trinajstić information content (AvgIpc) is 3.84. The lowest BCUT2D eigenvalue weighted by Crippen LogP contribution is -2.37. The molecule has 2 aliphatic rings. The first-order valence-electron chi connectivity index (χ1n) is 26.7. The Morgan fingerprint density at radius 1 is 0.316 bits per heavy atom. The predicted octanol–water partition coefficient (Wildman–Crippen LogP) is 18.7. The van der Waals surface area contributed by atoms with E-state index in [1.165, 1.54) is 65.7 Å². The normalized spacial score (nSPS) is 13.1. The minimum Gasteiger partial charge on any atom is -0.457 e. The number of rotatable bonds is 10. The Kier molecular flexibility index (Phi) is 11.4. The lowest BCUT2D eigenvalue weighted by atomic mass is 9.66. The predicted molar refractivity (Wildman–Crippen MR) is 328 cm³/mol. The molecule has 0 saturated heterocycles. The van der Waals surface area contributed by atoms with Crippen molar-refractivity contribution in [3.05, 3.63) is 277 Å². The largest absolute Gasteiger partial charge is 0.457 e. The van der Waals surface area contributed by atoms with E-state index in [1.54, 1.807) is 0 Å². The molecule has 76 heavy (non-hydrogen) atoms. The smallest absolute Gasteiger partial charge is 0.132 e. The summed E-state index contributed by atoms with van der Waals surface area (Å²) < 4.78 is 7.01. The van der Waals surface area contributed by atoms with Crippen LogP contribution in [-0.4, -0.2) is 16.1 Å². The molecular formula is C71H60N2OSi2. The third-order valence-electron chi connectivity index (χ3n) is 15.8. The first kappa shape index (κ1) is 47.2. The van der Waals surface area contributed by atoms with E-state index >= 15 is 0 Å². The number of fused-ring (bicyclic) bond motifs is 11. The standard InChI is InChI=1S/C71H60N2OSi2/c1-75(2,3)54-42-37-51(38-43-54)72(65-33-19-15-27-56(65)49-23-9-7-10-24-49)53-41-46-60-63(47-53)71(61-31-17-21-35-68(61)74-69-36-22-18-32-62(69)71)64-48-67(58-29-13-14-30-59(58)70(60)64)73(52-39-44-55(45-40-52)76(4,5)6)66-34-20-16-28-57(66)50-25-11-8-12-26-50/h7-48H,1-6H3. The van der Waals surface area contributed by atoms with Crippen molar-refractivity contribution in [2.24, 2.45) is 0 Å². The van der Waals surface area contributed by atoms with Crippen molar-refractivity contribution in [3.63, 3.8) is 0 Å². The highest BCUT2D eigenvalue weighted by atomic mass is 28.3. The molecule has 0 N–H and O–H groups in total. The van der Waals surface area contributed by atoms with Crippen LogP contribution in [0.5, 0.6) is 11.5 Å². The molecule has 0 unspecified atom stereocenters. The zero-order valence-corrected chi connectivity index (χ0v) is 46.1. The molecule has 5 heteroatoms. The number of anilines is 6. The fourth-order valence-corrected chi connectivity index (χ4v) is 14.5. The Bertz CT molecular complexity index is 3940. The minimum atomic E-state index is -1.62. The van der Waals surface area contributed by atoms with Crippen molar-refractivity contribution < 1.29 is 4.74 Å². The molecule has 368 valence electrons. The molecule has 0 amide bonds. The van der Waals surface area contributed by atoms with Gasteiger partial charge in [0.15, 0.2) is 0 Å². The highest BCUT2D eigenvalue weighted by molar-refractivity contribution is 6.89. The lowest BCUT2D eigenvalue weighted by Gasteiger charge is -2.40. The molecule has 0 fully saturated rings. The van der Waals surface area contributed by atoms with Gasteiger partial charge in [-0.1, -0.05) is 238 Å². The maximum Gasteiger partial charge on any atom is 0.132 e. The number of hydrogen-bond acceptors (Lipinski definition) is 3. The van der Waals surface area contributed by atoms with Gasteiger partial charge in [0.05, 0.1) is 38.6 Å². The first-order chi connectivity index (χ1) is 37.0. The number of benzene rings is 11. The second-order valence-electron chi connectivity index (χ2n) is 22.5. The molecule has 0 bridgehead atoms. The van der Waals surface area contributed by atoms with E-state index in [0.29, 0.717) is 0 Å². The second kappa shape index (κ2) is 18.4. The number of ether oxygens (including phenoxy) is 1. The van der Waals surface area contributed by atoms with E-state index in [9.17, 15) is 0 Å². The maximum atomic E-state index is 7.01. The molecule has 0 radical (unpaired) electrons. The Balaban J connectivity index is 1.13. The van der Waals surface area contributed by atoms with Crippen LogP contribution < -0.4 is 24.9 Å². The van der Waals surface area contributed by atoms with Crippen molar-refractivity contribution in [1.29, 1.82) is 0 Å². The molecule has 1 spiro atoms. The zero-order valence-electron chi connectivity index (χ0n) is 44.1. The van der Waals surface area contributed by atoms with Crippen LogP contribution in [0.3, 0.4) is 0 Å². The van der Waals surface area contributed by atoms with E-state index in [0.717, 1.165) is 56.8 Å². The van der Waals surface area contributed by atoms with Gasteiger partial charge in [-0.25, -0.2) is 0 Å². The minimum absolute atomic E-state index is 0.788. The van der Waals surface area contributed by atoms with Gasteiger partial charge in [-0.3, -0.25) is 0 Å². The molecule has 1 aliphatic carbocycles. The van der Waals surface area contributed by atoms with E-state index < -0.39 is 21.6 Å². The number of para-hydroxylation sites is 4. The van der Waals surface area contributed by atoms with Crippen molar-refractivity contribution in [2.45, 2.75) is 44.7 Å². The molecule has 11 aromatic carbocycles. The number of nitrogens with zero attached hydrogens (tertiary/aromatic N) is 2. The second-order valence-corrected chi connectivity index (χ2v) is 32.6. The van der Waals surface area contributed by atoms with Crippen molar-refractivity contribution >= 4 is 71.4 Å². The van der Waals surface area contributed by atoms with Crippen LogP contribution in [-0.2, 0) is 5.41 Å². The summed E-state index contributed by atoms with van der Waals surface area (Å²) in [5.41, 5.74) is 17.7. The summed E-state index contributed by atoms with van der Waals surface area (Å²) in [6, 6.07) is 94.8. The topological polar surface area (TPSA) is 15.7 Å². The molecule has 0 saturated carbocycles. The Morgan fingerprint density at radius 2 is 0.750 bits per heavy atom. The van der Waals surface area contributed by atoms with Crippen LogP contribution in [0, 0.1) is 0 Å². The van der Waals surface area contributed by atoms with Gasteiger partial charge in [-0.15, -0.1) is 0 Å². The Hall–Kier alpha value is -8.49. The van der Waals surface area contributed by atoms with Gasteiger partial charge in [0.25, 0.3) is 0 Å². The van der Waals surface area contributed by atoms with Gasteiger partial charge in [0.2, 0.25) is 0 Å². The van der Waals surface area contributed by atoms with Crippen LogP contribution in [0.25, 0.3) is 44.2 Å². The fourth-order valence-electron chi connectivity index (χ4n) is 12.2. The van der Waals surface area contributed by atoms with Crippen molar-refractivity contribution in [2.75, 3.05) is 9.80 Å². The van der Waals surface area contributed by atoms with Crippen LogP contribution in [0.15, 0.2) is 255 Å². The summed E-state index contributed by atoms with van der Waals surface area (Å²) in [4.78, 5) is 5.02. The van der Waals surface area contributed by atoms with Crippen LogP contribution in [0.4, 0.5) is 34.1 Å². The van der Waals surface area contributed by atoms with E-state index in [-0.39, 0.29) is 0 Å². The summed E-state index contributed by atoms with van der Waals surface area (Å²) in [6.07, 6.45) is 0. The van der Waals surface area contributed by atoms with Crippen LogP contribution >= 0.6 is 0 Å². The monoisotopic (exact) mass is 1010 g/mol. The van der Waals surface area contributed by atoms with E-state index in [4.69, 9.17) is 4.74 Å². The highest BCUT2D eigenvalue weighted by Gasteiger charge is 2.52. The van der Waals surface area contributed by atoms with E-state index in [2.05, 4.69) is 304 Å². The number of hydrogen-bond donors (Lipinski definition) is 0. The van der Waals surface area contributed by atoms with Gasteiger partial charge in [0, 0.05) is 44.7 Å². The zero-order chi connectivity index (χ0) is 51.8. The Morgan fingerprint density at radius 3 is 1.29 bits per heavy atom. The molecule has 1 aliphatic heterocycles. The van der Waals surface area contributed by atoms with Gasteiger partial charge in [-0.05, 0) is 105 Å².